The van der Waals surface area contributed by atoms with Gasteiger partial charge in [0.15, 0.2) is 0 Å². The first kappa shape index (κ1) is 32.1. The molecule has 1 fully saturated rings. The van der Waals surface area contributed by atoms with Crippen molar-refractivity contribution >= 4 is 5.91 Å². The number of carbonyl (C=O) groups excluding carboxylic acids is 1. The zero-order chi connectivity index (χ0) is 28.9. The number of rotatable bonds is 16. The summed E-state index contributed by atoms with van der Waals surface area (Å²) in [4.78, 5) is 15.9. The molecule has 0 saturated carbocycles. The number of aliphatic hydroxyl groups excluding tert-OH is 1. The van der Waals surface area contributed by atoms with E-state index in [-0.39, 0.29) is 24.9 Å². The number of nitrogens with one attached hydrogen (secondary N) is 2. The van der Waals surface area contributed by atoms with Crippen LogP contribution >= 0.6 is 0 Å². The van der Waals surface area contributed by atoms with E-state index in [0.29, 0.717) is 31.1 Å². The number of likely N-dealkylation sites (tertiary alicyclic amines) is 1. The largest absolute Gasteiger partial charge is 0.390 e. The van der Waals surface area contributed by atoms with Crippen molar-refractivity contribution in [3.63, 3.8) is 0 Å². The fourth-order valence-corrected chi connectivity index (χ4v) is 5.48. The van der Waals surface area contributed by atoms with Gasteiger partial charge in [-0.3, -0.25) is 9.69 Å². The van der Waals surface area contributed by atoms with Crippen molar-refractivity contribution in [1.29, 1.82) is 0 Å². The van der Waals surface area contributed by atoms with Crippen LogP contribution in [0, 0.1) is 17.6 Å². The Labute approximate surface area is 238 Å². The molecule has 3 rings (SSSR count). The zero-order valence-corrected chi connectivity index (χ0v) is 24.3. The van der Waals surface area contributed by atoms with Gasteiger partial charge in [0.1, 0.15) is 11.6 Å². The van der Waals surface area contributed by atoms with Gasteiger partial charge in [-0.15, -0.1) is 0 Å². The Hall–Kier alpha value is -2.39. The van der Waals surface area contributed by atoms with Crippen LogP contribution in [0.5, 0.6) is 0 Å². The van der Waals surface area contributed by atoms with Gasteiger partial charge in [0, 0.05) is 32.4 Å². The fraction of sp³-hybridized carbons (Fsp3) is 0.594. The molecule has 1 saturated heterocycles. The summed E-state index contributed by atoms with van der Waals surface area (Å²) in [6.45, 7) is 10.0. The summed E-state index contributed by atoms with van der Waals surface area (Å²) in [5.74, 6) is -1.01. The smallest absolute Gasteiger partial charge is 0.237 e. The molecule has 222 valence electrons. The van der Waals surface area contributed by atoms with Gasteiger partial charge in [-0.2, -0.15) is 0 Å². The highest BCUT2D eigenvalue weighted by atomic mass is 19.1. The van der Waals surface area contributed by atoms with E-state index < -0.39 is 23.8 Å². The maximum Gasteiger partial charge on any atom is 0.237 e. The van der Waals surface area contributed by atoms with E-state index in [2.05, 4.69) is 41.5 Å². The number of nitrogens with zero attached hydrogens (tertiary/aromatic N) is 1. The lowest BCUT2D eigenvalue weighted by Crippen LogP contribution is -2.56. The number of aliphatic hydroxyl groups is 1. The van der Waals surface area contributed by atoms with E-state index in [4.69, 9.17) is 4.74 Å². The minimum absolute atomic E-state index is 0.115. The third-order valence-electron chi connectivity index (χ3n) is 7.76. The lowest BCUT2D eigenvalue weighted by Gasteiger charge is -2.37. The van der Waals surface area contributed by atoms with E-state index in [0.717, 1.165) is 57.0 Å². The van der Waals surface area contributed by atoms with E-state index in [1.807, 2.05) is 19.1 Å². The Morgan fingerprint density at radius 1 is 1.05 bits per heavy atom. The molecular formula is C32H47F2N3O3. The highest BCUT2D eigenvalue weighted by molar-refractivity contribution is 5.82. The number of benzene rings is 2. The number of aryl methyl sites for hydroxylation is 1. The Morgan fingerprint density at radius 2 is 1.75 bits per heavy atom. The molecule has 1 heterocycles. The van der Waals surface area contributed by atoms with Crippen molar-refractivity contribution in [2.45, 2.75) is 84.0 Å². The predicted molar refractivity (Wildman–Crippen MR) is 155 cm³/mol. The maximum absolute atomic E-state index is 14.0. The summed E-state index contributed by atoms with van der Waals surface area (Å²) in [5.41, 5.74) is 2.73. The lowest BCUT2D eigenvalue weighted by atomic mass is 9.95. The topological polar surface area (TPSA) is 73.8 Å². The molecule has 2 aromatic carbocycles. The van der Waals surface area contributed by atoms with Crippen molar-refractivity contribution in [1.82, 2.24) is 15.5 Å². The average molecular weight is 560 g/mol. The number of ether oxygens (including phenoxy) is 1. The molecule has 8 heteroatoms. The predicted octanol–water partition coefficient (Wildman–Crippen LogP) is 4.62. The Kier molecular flexibility index (Phi) is 13.5. The average Bonchev–Trinajstić information content (AvgIpc) is 2.94. The van der Waals surface area contributed by atoms with Crippen LogP contribution in [0.4, 0.5) is 8.78 Å². The second kappa shape index (κ2) is 16.8. The maximum atomic E-state index is 14.0. The summed E-state index contributed by atoms with van der Waals surface area (Å²) >= 11 is 0. The summed E-state index contributed by atoms with van der Waals surface area (Å²) in [5, 5.41) is 17.5. The van der Waals surface area contributed by atoms with E-state index in [9.17, 15) is 18.7 Å². The van der Waals surface area contributed by atoms with Crippen LogP contribution < -0.4 is 10.6 Å². The fourth-order valence-electron chi connectivity index (χ4n) is 5.48. The number of halogens is 2. The van der Waals surface area contributed by atoms with Crippen LogP contribution in [0.25, 0.3) is 0 Å². The number of hydrogen-bond donors (Lipinski definition) is 3. The zero-order valence-electron chi connectivity index (χ0n) is 24.3. The summed E-state index contributed by atoms with van der Waals surface area (Å²) < 4.78 is 33.5. The molecule has 6 nitrogen and oxygen atoms in total. The normalized spacial score (nSPS) is 16.9. The van der Waals surface area contributed by atoms with Crippen LogP contribution in [0.2, 0.25) is 0 Å². The van der Waals surface area contributed by atoms with Gasteiger partial charge >= 0.3 is 0 Å². The lowest BCUT2D eigenvalue weighted by molar-refractivity contribution is -0.129. The molecule has 0 bridgehead atoms. The van der Waals surface area contributed by atoms with E-state index >= 15 is 0 Å². The first-order valence-corrected chi connectivity index (χ1v) is 14.9. The minimum atomic E-state index is -0.955. The highest BCUT2D eigenvalue weighted by Crippen LogP contribution is 2.22. The van der Waals surface area contributed by atoms with E-state index in [1.54, 1.807) is 0 Å². The van der Waals surface area contributed by atoms with Crippen LogP contribution in [0.1, 0.15) is 63.1 Å². The molecule has 0 radical (unpaired) electrons. The first-order valence-electron chi connectivity index (χ1n) is 14.9. The van der Waals surface area contributed by atoms with Gasteiger partial charge in [-0.1, -0.05) is 44.5 Å². The molecular weight excluding hydrogens is 512 g/mol. The SMILES string of the molecule is CCCC(C(=O)NC(Cc1cc(F)cc(F)c1)C(O)CNCc1cccc(CC)c1)N1CCC(COCC)CC1. The Bertz CT molecular complexity index is 1030. The molecule has 0 aromatic heterocycles. The molecule has 3 N–H and O–H groups in total. The number of amides is 1. The van der Waals surface area contributed by atoms with Crippen molar-refractivity contribution in [3.8, 4) is 0 Å². The summed E-state index contributed by atoms with van der Waals surface area (Å²) in [7, 11) is 0. The van der Waals surface area contributed by atoms with Crippen LogP contribution in [-0.4, -0.2) is 66.9 Å². The molecule has 0 aliphatic carbocycles. The molecule has 3 unspecified atom stereocenters. The molecule has 1 aliphatic rings. The highest BCUT2D eigenvalue weighted by Gasteiger charge is 2.32. The van der Waals surface area contributed by atoms with Crippen molar-refractivity contribution in [2.24, 2.45) is 5.92 Å². The van der Waals surface area contributed by atoms with Crippen molar-refractivity contribution in [3.05, 3.63) is 70.8 Å². The van der Waals surface area contributed by atoms with Gasteiger partial charge in [0.2, 0.25) is 5.91 Å². The monoisotopic (exact) mass is 559 g/mol. The van der Waals surface area contributed by atoms with Crippen LogP contribution in [0.3, 0.4) is 0 Å². The Balaban J connectivity index is 1.68. The second-order valence-corrected chi connectivity index (χ2v) is 10.9. The molecule has 3 atom stereocenters. The van der Waals surface area contributed by atoms with Gasteiger partial charge in [0.25, 0.3) is 0 Å². The molecule has 2 aromatic rings. The quantitative estimate of drug-likeness (QED) is 0.280. The standard InChI is InChI=1S/C32H47F2N3O3/c1-4-8-30(37-13-11-24(12-14-37)22-40-6-3)32(39)36-29(18-26-16-27(33)19-28(34)17-26)31(38)21-35-20-25-10-7-9-23(5-2)15-25/h7,9-10,15-17,19,24,29-31,35,38H,4-6,8,11-14,18,20-22H2,1-3H3,(H,36,39). The van der Waals surface area contributed by atoms with Gasteiger partial charge in [-0.25, -0.2) is 8.78 Å². The van der Waals surface area contributed by atoms with Gasteiger partial charge in [0.05, 0.1) is 18.2 Å². The van der Waals surface area contributed by atoms with Gasteiger partial charge in [-0.05, 0) is 86.9 Å². The summed E-state index contributed by atoms with van der Waals surface area (Å²) in [6.07, 6.45) is 3.60. The molecule has 0 spiro atoms. The van der Waals surface area contributed by atoms with Crippen molar-refractivity contribution < 1.29 is 23.4 Å². The summed E-state index contributed by atoms with van der Waals surface area (Å²) in [6, 6.07) is 10.6. The number of piperidine rings is 1. The van der Waals surface area contributed by atoms with Crippen LogP contribution in [0.15, 0.2) is 42.5 Å². The van der Waals surface area contributed by atoms with Crippen LogP contribution in [-0.2, 0) is 28.9 Å². The Morgan fingerprint density at radius 3 is 2.40 bits per heavy atom. The number of carbonyl (C=O) groups is 1. The van der Waals surface area contributed by atoms with E-state index in [1.165, 1.54) is 17.7 Å². The van der Waals surface area contributed by atoms with Gasteiger partial charge < -0.3 is 20.5 Å². The molecule has 1 amide bonds. The van der Waals surface area contributed by atoms with Crippen molar-refractivity contribution in [2.75, 3.05) is 32.8 Å². The first-order chi connectivity index (χ1) is 19.3. The number of hydrogen-bond acceptors (Lipinski definition) is 5. The molecule has 1 aliphatic heterocycles. The minimum Gasteiger partial charge on any atom is -0.390 e. The second-order valence-electron chi connectivity index (χ2n) is 10.9. The third kappa shape index (κ3) is 10.2. The molecule has 40 heavy (non-hydrogen) atoms. The third-order valence-corrected chi connectivity index (χ3v) is 7.76.